The molecule has 0 bridgehead atoms. The van der Waals surface area contributed by atoms with Gasteiger partial charge in [-0.1, -0.05) is 18.2 Å². The molecule has 1 amide bonds. The van der Waals surface area contributed by atoms with Crippen molar-refractivity contribution in [2.45, 2.75) is 19.4 Å². The first-order valence-electron chi connectivity index (χ1n) is 9.56. The molecule has 0 spiro atoms. The first kappa shape index (κ1) is 18.2. The summed E-state index contributed by atoms with van der Waals surface area (Å²) >= 11 is 0. The van der Waals surface area contributed by atoms with E-state index in [2.05, 4.69) is 20.0 Å². The van der Waals surface area contributed by atoms with Gasteiger partial charge >= 0.3 is 0 Å². The highest BCUT2D eigenvalue weighted by Gasteiger charge is 2.29. The fourth-order valence-electron chi connectivity index (χ4n) is 3.64. The van der Waals surface area contributed by atoms with Crippen molar-refractivity contribution in [3.63, 3.8) is 0 Å². The van der Waals surface area contributed by atoms with E-state index in [1.54, 1.807) is 23.4 Å². The lowest BCUT2D eigenvalue weighted by Crippen LogP contribution is -2.44. The van der Waals surface area contributed by atoms with Crippen LogP contribution in [0.3, 0.4) is 0 Å². The number of hydrogen-bond acceptors (Lipinski definition) is 5. The number of nitrogens with zero attached hydrogens (tertiary/aromatic N) is 6. The molecule has 1 aromatic carbocycles. The van der Waals surface area contributed by atoms with E-state index in [1.165, 1.54) is 0 Å². The predicted octanol–water partition coefficient (Wildman–Crippen LogP) is 2.54. The summed E-state index contributed by atoms with van der Waals surface area (Å²) in [7, 11) is 1.86. The molecule has 1 aliphatic rings. The number of para-hydroxylation sites is 1. The highest BCUT2D eigenvalue weighted by molar-refractivity contribution is 5.79. The van der Waals surface area contributed by atoms with Crippen LogP contribution in [0.1, 0.15) is 18.4 Å². The molecule has 1 atom stereocenters. The van der Waals surface area contributed by atoms with Crippen LogP contribution in [0.4, 0.5) is 5.95 Å². The van der Waals surface area contributed by atoms with Gasteiger partial charge in [-0.25, -0.2) is 14.6 Å². The second kappa shape index (κ2) is 8.21. The standard InChI is InChI=1S/C21H24N6O/c1-25(14-17-13-24-27(15-17)19-8-3-2-4-9-19)20(28)18-7-5-12-26(16-18)21-22-10-6-11-23-21/h2-4,6,8-11,13,15,18H,5,7,12,14,16H2,1H3. The van der Waals surface area contributed by atoms with Gasteiger partial charge in [0.15, 0.2) is 0 Å². The number of rotatable bonds is 5. The number of piperidine rings is 1. The van der Waals surface area contributed by atoms with Gasteiger partial charge in [0.1, 0.15) is 0 Å². The Morgan fingerprint density at radius 1 is 1.18 bits per heavy atom. The molecule has 0 saturated carbocycles. The average Bonchev–Trinajstić information content (AvgIpc) is 3.23. The van der Waals surface area contributed by atoms with Crippen LogP contribution < -0.4 is 4.90 Å². The minimum absolute atomic E-state index is 0.0354. The smallest absolute Gasteiger partial charge is 0.227 e. The average molecular weight is 376 g/mol. The van der Waals surface area contributed by atoms with Crippen molar-refractivity contribution in [3.05, 3.63) is 66.7 Å². The van der Waals surface area contributed by atoms with E-state index < -0.39 is 0 Å². The monoisotopic (exact) mass is 376 g/mol. The maximum absolute atomic E-state index is 13.0. The number of hydrogen-bond donors (Lipinski definition) is 0. The van der Waals surface area contributed by atoms with Gasteiger partial charge in [-0.2, -0.15) is 5.10 Å². The van der Waals surface area contributed by atoms with Gasteiger partial charge in [0.05, 0.1) is 17.8 Å². The van der Waals surface area contributed by atoms with E-state index in [0.717, 1.165) is 30.6 Å². The Hall–Kier alpha value is -3.22. The highest BCUT2D eigenvalue weighted by Crippen LogP contribution is 2.22. The van der Waals surface area contributed by atoms with Crippen LogP contribution in [-0.4, -0.2) is 50.7 Å². The third kappa shape index (κ3) is 4.03. The summed E-state index contributed by atoms with van der Waals surface area (Å²) in [6, 6.07) is 11.8. The van der Waals surface area contributed by atoms with E-state index in [4.69, 9.17) is 0 Å². The second-order valence-electron chi connectivity index (χ2n) is 7.16. The van der Waals surface area contributed by atoms with Crippen molar-refractivity contribution >= 4 is 11.9 Å². The third-order valence-electron chi connectivity index (χ3n) is 5.06. The van der Waals surface area contributed by atoms with E-state index in [0.29, 0.717) is 19.0 Å². The van der Waals surface area contributed by atoms with Gasteiger partial charge in [0.2, 0.25) is 11.9 Å². The van der Waals surface area contributed by atoms with Crippen molar-refractivity contribution in [1.82, 2.24) is 24.6 Å². The molecule has 144 valence electrons. The van der Waals surface area contributed by atoms with Crippen LogP contribution in [0.5, 0.6) is 0 Å². The number of anilines is 1. The molecule has 0 aliphatic carbocycles. The van der Waals surface area contributed by atoms with Crippen molar-refractivity contribution < 1.29 is 4.79 Å². The predicted molar refractivity (Wildman–Crippen MR) is 107 cm³/mol. The summed E-state index contributed by atoms with van der Waals surface area (Å²) in [6.07, 6.45) is 9.14. The Bertz CT molecular complexity index is 911. The van der Waals surface area contributed by atoms with Crippen molar-refractivity contribution in [3.8, 4) is 5.69 Å². The minimum Gasteiger partial charge on any atom is -0.341 e. The number of carbonyl (C=O) groups is 1. The quantitative estimate of drug-likeness (QED) is 0.685. The number of carbonyl (C=O) groups excluding carboxylic acids is 1. The molecular formula is C21H24N6O. The van der Waals surface area contributed by atoms with Crippen molar-refractivity contribution in [2.24, 2.45) is 5.92 Å². The molecule has 1 fully saturated rings. The molecule has 3 heterocycles. The molecule has 7 heteroatoms. The van der Waals surface area contributed by atoms with Gasteiger partial charge in [-0.15, -0.1) is 0 Å². The Morgan fingerprint density at radius 3 is 2.75 bits per heavy atom. The molecule has 0 radical (unpaired) electrons. The first-order valence-corrected chi connectivity index (χ1v) is 9.56. The Labute approximate surface area is 164 Å². The summed E-state index contributed by atoms with van der Waals surface area (Å²) in [5.74, 6) is 0.826. The fourth-order valence-corrected chi connectivity index (χ4v) is 3.64. The third-order valence-corrected chi connectivity index (χ3v) is 5.06. The van der Waals surface area contributed by atoms with Crippen molar-refractivity contribution in [2.75, 3.05) is 25.0 Å². The van der Waals surface area contributed by atoms with E-state index in [-0.39, 0.29) is 11.8 Å². The fraction of sp³-hybridized carbons (Fsp3) is 0.333. The van der Waals surface area contributed by atoms with Crippen LogP contribution in [0.25, 0.3) is 5.69 Å². The molecule has 7 nitrogen and oxygen atoms in total. The lowest BCUT2D eigenvalue weighted by molar-refractivity contribution is -0.135. The summed E-state index contributed by atoms with van der Waals surface area (Å²) in [6.45, 7) is 2.10. The lowest BCUT2D eigenvalue weighted by atomic mass is 9.96. The SMILES string of the molecule is CN(Cc1cnn(-c2ccccc2)c1)C(=O)C1CCCN(c2ncccn2)C1. The van der Waals surface area contributed by atoms with Crippen LogP contribution in [0, 0.1) is 5.92 Å². The van der Waals surface area contributed by atoms with Gasteiger partial charge < -0.3 is 9.80 Å². The first-order chi connectivity index (χ1) is 13.7. The summed E-state index contributed by atoms with van der Waals surface area (Å²) < 4.78 is 1.84. The lowest BCUT2D eigenvalue weighted by Gasteiger charge is -2.33. The molecule has 1 unspecified atom stereocenters. The zero-order valence-corrected chi connectivity index (χ0v) is 16.0. The normalized spacial score (nSPS) is 16.8. The Balaban J connectivity index is 1.39. The van der Waals surface area contributed by atoms with Crippen LogP contribution in [-0.2, 0) is 11.3 Å². The molecule has 4 rings (SSSR count). The molecule has 0 N–H and O–H groups in total. The second-order valence-corrected chi connectivity index (χ2v) is 7.16. The van der Waals surface area contributed by atoms with Crippen LogP contribution in [0.15, 0.2) is 61.2 Å². The molecule has 28 heavy (non-hydrogen) atoms. The number of aromatic nitrogens is 4. The van der Waals surface area contributed by atoms with Crippen LogP contribution in [0.2, 0.25) is 0 Å². The maximum Gasteiger partial charge on any atom is 0.227 e. The molecule has 1 aliphatic heterocycles. The van der Waals surface area contributed by atoms with Crippen molar-refractivity contribution in [1.29, 1.82) is 0 Å². The largest absolute Gasteiger partial charge is 0.341 e. The van der Waals surface area contributed by atoms with Gasteiger partial charge in [0, 0.05) is 50.8 Å². The van der Waals surface area contributed by atoms with E-state index in [9.17, 15) is 4.79 Å². The van der Waals surface area contributed by atoms with Crippen LogP contribution >= 0.6 is 0 Å². The molecule has 1 saturated heterocycles. The highest BCUT2D eigenvalue weighted by atomic mass is 16.2. The summed E-state index contributed by atoms with van der Waals surface area (Å²) in [5.41, 5.74) is 2.02. The van der Waals surface area contributed by atoms with E-state index >= 15 is 0 Å². The van der Waals surface area contributed by atoms with Gasteiger partial charge in [-0.05, 0) is 31.0 Å². The Morgan fingerprint density at radius 2 is 1.96 bits per heavy atom. The maximum atomic E-state index is 13.0. The topological polar surface area (TPSA) is 67.2 Å². The minimum atomic E-state index is -0.0354. The zero-order chi connectivity index (χ0) is 19.3. The van der Waals surface area contributed by atoms with Gasteiger partial charge in [0.25, 0.3) is 0 Å². The molecule has 3 aromatic rings. The Kier molecular flexibility index (Phi) is 5.32. The number of benzene rings is 1. The van der Waals surface area contributed by atoms with Gasteiger partial charge in [-0.3, -0.25) is 4.79 Å². The zero-order valence-electron chi connectivity index (χ0n) is 16.0. The molecular weight excluding hydrogens is 352 g/mol. The summed E-state index contributed by atoms with van der Waals surface area (Å²) in [5, 5.41) is 4.42. The summed E-state index contributed by atoms with van der Waals surface area (Å²) in [4.78, 5) is 25.5. The number of amides is 1. The van der Waals surface area contributed by atoms with E-state index in [1.807, 2.05) is 54.5 Å². The molecule has 2 aromatic heterocycles.